The average molecular weight is 201 g/mol. The van der Waals surface area contributed by atoms with E-state index in [4.69, 9.17) is 5.26 Å². The zero-order valence-corrected chi connectivity index (χ0v) is 8.68. The van der Waals surface area contributed by atoms with Gasteiger partial charge in [0.2, 0.25) is 0 Å². The van der Waals surface area contributed by atoms with Crippen molar-refractivity contribution in [2.75, 3.05) is 5.75 Å². The fraction of sp³-hybridized carbons (Fsp3) is 0.889. The molecule has 2 atom stereocenters. The van der Waals surface area contributed by atoms with Gasteiger partial charge in [0.25, 0.3) is 0 Å². The molecule has 0 spiro atoms. The van der Waals surface area contributed by atoms with Crippen molar-refractivity contribution in [2.45, 2.75) is 37.9 Å². The van der Waals surface area contributed by atoms with Crippen LogP contribution in [0, 0.1) is 17.2 Å². The molecule has 0 radical (unpaired) electrons. The van der Waals surface area contributed by atoms with Crippen molar-refractivity contribution < 1.29 is 8.42 Å². The van der Waals surface area contributed by atoms with E-state index < -0.39 is 15.1 Å². The summed E-state index contributed by atoms with van der Waals surface area (Å²) in [5, 5.41) is 8.40. The van der Waals surface area contributed by atoms with Gasteiger partial charge in [-0.05, 0) is 19.3 Å². The number of hydrogen-bond acceptors (Lipinski definition) is 3. The summed E-state index contributed by atoms with van der Waals surface area (Å²) in [5.74, 6) is -0.0270. The van der Waals surface area contributed by atoms with E-state index in [1.807, 2.05) is 6.92 Å². The van der Waals surface area contributed by atoms with E-state index in [0.717, 1.165) is 12.8 Å². The zero-order valence-electron chi connectivity index (χ0n) is 7.86. The van der Waals surface area contributed by atoms with E-state index >= 15 is 0 Å². The van der Waals surface area contributed by atoms with Crippen molar-refractivity contribution >= 4 is 9.84 Å². The molecule has 74 valence electrons. The smallest absolute Gasteiger partial charge is 0.154 e. The third-order valence-corrected chi connectivity index (χ3v) is 5.03. The Hall–Kier alpha value is -0.560. The second-order valence-corrected chi connectivity index (χ2v) is 5.88. The molecule has 0 aliphatic carbocycles. The summed E-state index contributed by atoms with van der Waals surface area (Å²) in [6.45, 7) is 1.87. The van der Waals surface area contributed by atoms with Gasteiger partial charge in [-0.3, -0.25) is 0 Å². The lowest BCUT2D eigenvalue weighted by atomic mass is 9.99. The number of nitrogens with zero attached hydrogens (tertiary/aromatic N) is 1. The number of rotatable bonds is 2. The molecule has 1 aliphatic rings. The summed E-state index contributed by atoms with van der Waals surface area (Å²) >= 11 is 0. The Kier molecular flexibility index (Phi) is 3.32. The molecule has 0 bridgehead atoms. The van der Waals surface area contributed by atoms with Crippen LogP contribution in [-0.2, 0) is 9.84 Å². The van der Waals surface area contributed by atoms with Crippen molar-refractivity contribution in [3.05, 3.63) is 0 Å². The highest BCUT2D eigenvalue weighted by Crippen LogP contribution is 2.27. The molecule has 1 heterocycles. The Balaban J connectivity index is 2.83. The van der Waals surface area contributed by atoms with E-state index in [-0.39, 0.29) is 11.7 Å². The van der Waals surface area contributed by atoms with Crippen molar-refractivity contribution in [1.29, 1.82) is 5.26 Å². The molecule has 2 unspecified atom stereocenters. The van der Waals surface area contributed by atoms with Gasteiger partial charge in [0.1, 0.15) is 0 Å². The maximum absolute atomic E-state index is 11.6. The first-order chi connectivity index (χ1) is 6.11. The molecular formula is C9H15NO2S. The highest BCUT2D eigenvalue weighted by molar-refractivity contribution is 7.92. The SMILES string of the molecule is CCC(C#N)C1CCCCS1(=O)=O. The van der Waals surface area contributed by atoms with Gasteiger partial charge in [-0.2, -0.15) is 5.26 Å². The van der Waals surface area contributed by atoms with Crippen LogP contribution < -0.4 is 0 Å². The summed E-state index contributed by atoms with van der Waals surface area (Å²) in [4.78, 5) is 0. The Morgan fingerprint density at radius 1 is 1.54 bits per heavy atom. The van der Waals surface area contributed by atoms with Crippen molar-refractivity contribution in [3.8, 4) is 6.07 Å². The minimum atomic E-state index is -2.97. The Morgan fingerprint density at radius 2 is 2.23 bits per heavy atom. The van der Waals surface area contributed by atoms with Gasteiger partial charge < -0.3 is 0 Å². The number of hydrogen-bond donors (Lipinski definition) is 0. The van der Waals surface area contributed by atoms with E-state index in [0.29, 0.717) is 12.8 Å². The summed E-state index contributed by atoms with van der Waals surface area (Å²) in [7, 11) is -2.97. The zero-order chi connectivity index (χ0) is 9.90. The Bertz CT molecular complexity index is 302. The second-order valence-electron chi connectivity index (χ2n) is 3.55. The summed E-state index contributed by atoms with van der Waals surface area (Å²) < 4.78 is 23.2. The van der Waals surface area contributed by atoms with Crippen molar-refractivity contribution in [1.82, 2.24) is 0 Å². The topological polar surface area (TPSA) is 57.9 Å². The summed E-state index contributed by atoms with van der Waals surface area (Å²) in [5.41, 5.74) is 0. The van der Waals surface area contributed by atoms with Crippen molar-refractivity contribution in [3.63, 3.8) is 0 Å². The van der Waals surface area contributed by atoms with Gasteiger partial charge in [-0.25, -0.2) is 8.42 Å². The summed E-state index contributed by atoms with van der Waals surface area (Å²) in [6, 6.07) is 2.10. The van der Waals surface area contributed by atoms with Gasteiger partial charge in [0.15, 0.2) is 9.84 Å². The maximum Gasteiger partial charge on any atom is 0.154 e. The van der Waals surface area contributed by atoms with Gasteiger partial charge in [-0.1, -0.05) is 13.3 Å². The van der Waals surface area contributed by atoms with Crippen LogP contribution >= 0.6 is 0 Å². The Morgan fingerprint density at radius 3 is 2.69 bits per heavy atom. The normalized spacial score (nSPS) is 29.1. The largest absolute Gasteiger partial charge is 0.229 e. The molecule has 0 amide bonds. The molecule has 1 saturated heterocycles. The highest BCUT2D eigenvalue weighted by atomic mass is 32.2. The first-order valence-electron chi connectivity index (χ1n) is 4.73. The second kappa shape index (κ2) is 4.10. The average Bonchev–Trinajstić information content (AvgIpc) is 2.09. The molecule has 0 aromatic rings. The van der Waals surface area contributed by atoms with Gasteiger partial charge >= 0.3 is 0 Å². The van der Waals surface area contributed by atoms with Crippen molar-refractivity contribution in [2.24, 2.45) is 5.92 Å². The third-order valence-electron chi connectivity index (χ3n) is 2.68. The fourth-order valence-electron chi connectivity index (χ4n) is 1.87. The molecule has 1 fully saturated rings. The molecule has 0 N–H and O–H groups in total. The standard InChI is InChI=1S/C9H15NO2S/c1-2-8(7-10)9-5-3-4-6-13(9,11)12/h8-9H,2-6H2,1H3. The summed E-state index contributed by atoms with van der Waals surface area (Å²) in [6.07, 6.45) is 3.03. The Labute approximate surface area is 79.7 Å². The van der Waals surface area contributed by atoms with Crippen LogP contribution in [0.25, 0.3) is 0 Å². The van der Waals surface area contributed by atoms with E-state index in [1.54, 1.807) is 0 Å². The van der Waals surface area contributed by atoms with E-state index in [2.05, 4.69) is 6.07 Å². The van der Waals surface area contributed by atoms with Gasteiger partial charge in [0.05, 0.1) is 23.0 Å². The molecule has 0 aromatic carbocycles. The molecule has 4 heteroatoms. The molecule has 3 nitrogen and oxygen atoms in total. The number of nitriles is 1. The fourth-order valence-corrected chi connectivity index (χ4v) is 4.06. The minimum Gasteiger partial charge on any atom is -0.229 e. The lowest BCUT2D eigenvalue weighted by Crippen LogP contribution is -2.34. The van der Waals surface area contributed by atoms with Crippen LogP contribution in [0.3, 0.4) is 0 Å². The van der Waals surface area contributed by atoms with Crippen LogP contribution in [-0.4, -0.2) is 19.4 Å². The molecule has 1 aliphatic heterocycles. The molecule has 0 saturated carbocycles. The monoisotopic (exact) mass is 201 g/mol. The molecule has 13 heavy (non-hydrogen) atoms. The number of sulfone groups is 1. The van der Waals surface area contributed by atoms with Crippen LogP contribution in [0.4, 0.5) is 0 Å². The maximum atomic E-state index is 11.6. The molecule has 0 aromatic heterocycles. The predicted octanol–water partition coefficient (Wildman–Crippen LogP) is 1.50. The highest BCUT2D eigenvalue weighted by Gasteiger charge is 2.34. The molecular weight excluding hydrogens is 186 g/mol. The first-order valence-corrected chi connectivity index (χ1v) is 6.44. The van der Waals surface area contributed by atoms with Gasteiger partial charge in [-0.15, -0.1) is 0 Å². The van der Waals surface area contributed by atoms with E-state index in [1.165, 1.54) is 0 Å². The van der Waals surface area contributed by atoms with Gasteiger partial charge in [0, 0.05) is 0 Å². The first kappa shape index (κ1) is 10.5. The van der Waals surface area contributed by atoms with Crippen LogP contribution in [0.5, 0.6) is 0 Å². The van der Waals surface area contributed by atoms with Crippen LogP contribution in [0.2, 0.25) is 0 Å². The molecule has 1 rings (SSSR count). The lowest BCUT2D eigenvalue weighted by Gasteiger charge is -2.25. The minimum absolute atomic E-state index is 0.274. The van der Waals surface area contributed by atoms with Crippen LogP contribution in [0.1, 0.15) is 32.6 Å². The quantitative estimate of drug-likeness (QED) is 0.680. The third kappa shape index (κ3) is 2.22. The predicted molar refractivity (Wildman–Crippen MR) is 50.8 cm³/mol. The lowest BCUT2D eigenvalue weighted by molar-refractivity contribution is 0.482. The van der Waals surface area contributed by atoms with E-state index in [9.17, 15) is 8.42 Å². The van der Waals surface area contributed by atoms with Crippen LogP contribution in [0.15, 0.2) is 0 Å².